The maximum Gasteiger partial charge on any atom is 0.416 e. The summed E-state index contributed by atoms with van der Waals surface area (Å²) in [5.41, 5.74) is -0.461. The number of rotatable bonds is 5. The van der Waals surface area contributed by atoms with E-state index in [1.54, 1.807) is 25.2 Å². The molecule has 2 aromatic rings. The molecule has 2 aromatic carbocycles. The number of hydrogen-bond acceptors (Lipinski definition) is 4. The van der Waals surface area contributed by atoms with Gasteiger partial charge in [0.2, 0.25) is 0 Å². The topological polar surface area (TPSA) is 67.4 Å². The third kappa shape index (κ3) is 5.13. The Kier molecular flexibility index (Phi) is 6.32. The van der Waals surface area contributed by atoms with Crippen LogP contribution in [0.5, 0.6) is 0 Å². The summed E-state index contributed by atoms with van der Waals surface area (Å²) in [6.45, 7) is 1.30. The molecule has 0 aliphatic carbocycles. The lowest BCUT2D eigenvalue weighted by Gasteiger charge is -2.16. The van der Waals surface area contributed by atoms with Crippen molar-refractivity contribution in [1.29, 1.82) is 0 Å². The van der Waals surface area contributed by atoms with E-state index in [1.807, 2.05) is 0 Å². The molecule has 0 saturated carbocycles. The van der Waals surface area contributed by atoms with Crippen molar-refractivity contribution in [2.45, 2.75) is 19.2 Å². The lowest BCUT2D eigenvalue weighted by molar-refractivity contribution is -0.137. The normalized spacial score (nSPS) is 12.2. The highest BCUT2D eigenvalue weighted by atomic mass is 35.5. The smallest absolute Gasteiger partial charge is 0.416 e. The van der Waals surface area contributed by atoms with E-state index in [2.05, 4.69) is 10.6 Å². The molecule has 2 N–H and O–H groups in total. The van der Waals surface area contributed by atoms with Gasteiger partial charge in [-0.25, -0.2) is 4.79 Å². The average molecular weight is 401 g/mol. The molecule has 0 unspecified atom stereocenters. The monoisotopic (exact) mass is 400 g/mol. The predicted octanol–water partition coefficient (Wildman–Crippen LogP) is 4.58. The van der Waals surface area contributed by atoms with Crippen molar-refractivity contribution < 1.29 is 27.5 Å². The summed E-state index contributed by atoms with van der Waals surface area (Å²) in [7, 11) is 1.62. The molecular weight excluding hydrogens is 385 g/mol. The van der Waals surface area contributed by atoms with Crippen LogP contribution in [-0.4, -0.2) is 25.0 Å². The summed E-state index contributed by atoms with van der Waals surface area (Å²) in [4.78, 5) is 24.4. The van der Waals surface area contributed by atoms with Gasteiger partial charge in [0, 0.05) is 12.7 Å². The first-order valence-electron chi connectivity index (χ1n) is 7.79. The van der Waals surface area contributed by atoms with Gasteiger partial charge in [0.15, 0.2) is 6.10 Å². The van der Waals surface area contributed by atoms with Gasteiger partial charge in [0.05, 0.1) is 21.8 Å². The van der Waals surface area contributed by atoms with Gasteiger partial charge in [-0.1, -0.05) is 23.7 Å². The Labute approximate surface area is 158 Å². The second-order valence-electron chi connectivity index (χ2n) is 5.52. The quantitative estimate of drug-likeness (QED) is 0.721. The molecule has 0 radical (unpaired) electrons. The van der Waals surface area contributed by atoms with Crippen molar-refractivity contribution in [2.24, 2.45) is 0 Å². The first-order chi connectivity index (χ1) is 12.6. The van der Waals surface area contributed by atoms with Crippen LogP contribution in [0.25, 0.3) is 0 Å². The number of esters is 1. The number of nitrogens with one attached hydrogen (secondary N) is 2. The fourth-order valence-electron chi connectivity index (χ4n) is 2.19. The molecule has 0 aromatic heterocycles. The number of amides is 1. The zero-order valence-corrected chi connectivity index (χ0v) is 15.1. The Morgan fingerprint density at radius 2 is 1.78 bits per heavy atom. The number of ether oxygens (including phenoxy) is 1. The zero-order chi connectivity index (χ0) is 20.2. The minimum atomic E-state index is -4.58. The van der Waals surface area contributed by atoms with Gasteiger partial charge in [-0.05, 0) is 37.3 Å². The van der Waals surface area contributed by atoms with E-state index in [-0.39, 0.29) is 16.3 Å². The van der Waals surface area contributed by atoms with Crippen molar-refractivity contribution in [3.8, 4) is 0 Å². The first kappa shape index (κ1) is 20.6. The maximum atomic E-state index is 12.8. The minimum Gasteiger partial charge on any atom is -0.449 e. The Morgan fingerprint density at radius 3 is 2.41 bits per heavy atom. The molecule has 144 valence electrons. The highest BCUT2D eigenvalue weighted by Crippen LogP contribution is 2.33. The van der Waals surface area contributed by atoms with E-state index in [0.717, 1.165) is 12.1 Å². The fraction of sp³-hybridized carbons (Fsp3) is 0.222. The Hall–Kier alpha value is -2.74. The van der Waals surface area contributed by atoms with Crippen LogP contribution in [-0.2, 0) is 15.7 Å². The molecule has 0 heterocycles. The van der Waals surface area contributed by atoms with Gasteiger partial charge in [-0.15, -0.1) is 0 Å². The van der Waals surface area contributed by atoms with Gasteiger partial charge in [-0.2, -0.15) is 13.2 Å². The van der Waals surface area contributed by atoms with E-state index in [1.165, 1.54) is 13.0 Å². The Balaban J connectivity index is 2.11. The predicted molar refractivity (Wildman–Crippen MR) is 95.9 cm³/mol. The van der Waals surface area contributed by atoms with Crippen molar-refractivity contribution in [3.63, 3.8) is 0 Å². The first-order valence-corrected chi connectivity index (χ1v) is 8.16. The van der Waals surface area contributed by atoms with Crippen LogP contribution in [0, 0.1) is 0 Å². The van der Waals surface area contributed by atoms with Crippen molar-refractivity contribution in [3.05, 3.63) is 58.6 Å². The van der Waals surface area contributed by atoms with Crippen LogP contribution in [0.2, 0.25) is 5.02 Å². The maximum absolute atomic E-state index is 12.8. The molecule has 0 spiro atoms. The molecular formula is C18H16ClF3N2O3. The third-order valence-corrected chi connectivity index (χ3v) is 3.95. The number of halogens is 4. The van der Waals surface area contributed by atoms with Gasteiger partial charge in [-0.3, -0.25) is 4.79 Å². The molecule has 27 heavy (non-hydrogen) atoms. The zero-order valence-electron chi connectivity index (χ0n) is 14.4. The average Bonchev–Trinajstić information content (AvgIpc) is 2.62. The molecule has 0 aliphatic rings. The number of para-hydroxylation sites is 1. The van der Waals surface area contributed by atoms with Gasteiger partial charge >= 0.3 is 12.1 Å². The van der Waals surface area contributed by atoms with Crippen LogP contribution >= 0.6 is 11.6 Å². The number of alkyl halides is 3. The van der Waals surface area contributed by atoms with Crippen molar-refractivity contribution >= 4 is 34.9 Å². The SMILES string of the molecule is CNc1ccccc1C(=O)O[C@H](C)C(=O)Nc1cc(C(F)(F)F)ccc1Cl. The van der Waals surface area contributed by atoms with E-state index in [9.17, 15) is 22.8 Å². The van der Waals surface area contributed by atoms with Crippen LogP contribution in [0.4, 0.5) is 24.5 Å². The van der Waals surface area contributed by atoms with E-state index in [0.29, 0.717) is 11.8 Å². The highest BCUT2D eigenvalue weighted by Gasteiger charge is 2.31. The molecule has 0 bridgehead atoms. The Morgan fingerprint density at radius 1 is 1.11 bits per heavy atom. The highest BCUT2D eigenvalue weighted by molar-refractivity contribution is 6.33. The fourth-order valence-corrected chi connectivity index (χ4v) is 2.35. The summed E-state index contributed by atoms with van der Waals surface area (Å²) in [6, 6.07) is 9.06. The largest absolute Gasteiger partial charge is 0.449 e. The molecule has 0 aliphatic heterocycles. The van der Waals surface area contributed by atoms with Crippen LogP contribution in [0.3, 0.4) is 0 Å². The van der Waals surface area contributed by atoms with Crippen LogP contribution < -0.4 is 10.6 Å². The van der Waals surface area contributed by atoms with E-state index in [4.69, 9.17) is 16.3 Å². The lowest BCUT2D eigenvalue weighted by atomic mass is 10.1. The summed E-state index contributed by atoms with van der Waals surface area (Å²) < 4.78 is 43.5. The number of carbonyl (C=O) groups is 2. The second-order valence-corrected chi connectivity index (χ2v) is 5.93. The van der Waals surface area contributed by atoms with Crippen LogP contribution in [0.15, 0.2) is 42.5 Å². The molecule has 1 amide bonds. The molecule has 1 atom stereocenters. The molecule has 0 fully saturated rings. The third-order valence-electron chi connectivity index (χ3n) is 3.62. The standard InChI is InChI=1S/C18H16ClF3N2O3/c1-10(27-17(26)12-5-3-4-6-14(12)23-2)16(25)24-15-9-11(18(20,21)22)7-8-13(15)19/h3-10,23H,1-2H3,(H,24,25)/t10-/m1/s1. The summed E-state index contributed by atoms with van der Waals surface area (Å²) in [5.74, 6) is -1.57. The summed E-state index contributed by atoms with van der Waals surface area (Å²) in [5, 5.41) is 4.99. The minimum absolute atomic E-state index is 0.0737. The number of carbonyl (C=O) groups excluding carboxylic acids is 2. The molecule has 0 saturated heterocycles. The number of anilines is 2. The van der Waals surface area contributed by atoms with E-state index < -0.39 is 29.7 Å². The molecule has 2 rings (SSSR count). The summed E-state index contributed by atoms with van der Waals surface area (Å²) >= 11 is 5.84. The number of benzene rings is 2. The lowest BCUT2D eigenvalue weighted by Crippen LogP contribution is -2.30. The second kappa shape index (κ2) is 8.30. The molecule has 5 nitrogen and oxygen atoms in total. The van der Waals surface area contributed by atoms with Gasteiger partial charge in [0.1, 0.15) is 0 Å². The van der Waals surface area contributed by atoms with Crippen LogP contribution in [0.1, 0.15) is 22.8 Å². The number of hydrogen-bond donors (Lipinski definition) is 2. The van der Waals surface area contributed by atoms with Crippen molar-refractivity contribution in [2.75, 3.05) is 17.7 Å². The molecule has 9 heteroatoms. The van der Waals surface area contributed by atoms with Gasteiger partial charge in [0.25, 0.3) is 5.91 Å². The summed E-state index contributed by atoms with van der Waals surface area (Å²) in [6.07, 6.45) is -5.84. The van der Waals surface area contributed by atoms with Crippen molar-refractivity contribution in [1.82, 2.24) is 0 Å². The Bertz CT molecular complexity index is 856. The van der Waals surface area contributed by atoms with E-state index >= 15 is 0 Å². The van der Waals surface area contributed by atoms with Gasteiger partial charge < -0.3 is 15.4 Å².